The molecule has 5 nitrogen and oxygen atoms in total. The van der Waals surface area contributed by atoms with Crippen molar-refractivity contribution in [1.82, 2.24) is 0 Å². The van der Waals surface area contributed by atoms with Gasteiger partial charge in [0.05, 0.1) is 6.61 Å². The van der Waals surface area contributed by atoms with Crippen LogP contribution in [0.1, 0.15) is 37.8 Å². The highest BCUT2D eigenvalue weighted by Crippen LogP contribution is 2.29. The first kappa shape index (κ1) is 15.7. The monoisotopic (exact) mass is 316 g/mol. The van der Waals surface area contributed by atoms with E-state index in [1.165, 1.54) is 32.8 Å². The predicted octanol–water partition coefficient (Wildman–Crippen LogP) is 2.83. The number of esters is 2. The van der Waals surface area contributed by atoms with E-state index in [2.05, 4.69) is 0 Å². The molecular formula is C18H20O5. The smallest absolute Gasteiger partial charge is 0.348 e. The molecule has 2 fully saturated rings. The van der Waals surface area contributed by atoms with Gasteiger partial charge in [-0.3, -0.25) is 0 Å². The Hall–Kier alpha value is -2.14. The van der Waals surface area contributed by atoms with E-state index in [1.807, 2.05) is 24.3 Å². The largest absolute Gasteiger partial charge is 0.419 e. The second kappa shape index (κ2) is 6.16. The fourth-order valence-corrected chi connectivity index (χ4v) is 2.35. The number of hydrogen-bond acceptors (Lipinski definition) is 5. The molecule has 1 saturated heterocycles. The quantitative estimate of drug-likeness (QED) is 0.475. The fraction of sp³-hybridized carbons (Fsp3) is 0.444. The summed E-state index contributed by atoms with van der Waals surface area (Å²) in [4.78, 5) is 23.9. The van der Waals surface area contributed by atoms with E-state index in [0.717, 1.165) is 23.7 Å². The summed E-state index contributed by atoms with van der Waals surface area (Å²) < 4.78 is 15.8. The molecule has 1 aromatic rings. The van der Waals surface area contributed by atoms with Crippen LogP contribution in [0, 0.1) is 5.92 Å². The molecule has 1 heterocycles. The molecule has 0 amide bonds. The maximum atomic E-state index is 11.9. The summed E-state index contributed by atoms with van der Waals surface area (Å²) in [5.41, 5.74) is 1.64. The molecule has 0 bridgehead atoms. The first-order chi connectivity index (χ1) is 10.9. The van der Waals surface area contributed by atoms with Crippen LogP contribution in [-0.4, -0.2) is 24.3 Å². The van der Waals surface area contributed by atoms with Crippen molar-refractivity contribution in [3.63, 3.8) is 0 Å². The van der Waals surface area contributed by atoms with Gasteiger partial charge >= 0.3 is 11.9 Å². The molecule has 0 radical (unpaired) electrons. The average molecular weight is 316 g/mol. The van der Waals surface area contributed by atoms with Crippen LogP contribution >= 0.6 is 0 Å². The average Bonchev–Trinajstić information content (AvgIpc) is 3.27. The maximum absolute atomic E-state index is 11.9. The standard InChI is InChI=1S/C18H20O5/c1-18(2)22-16(19)15(17(20)23-18)9-13-4-3-5-14(8-13)11-21-10-12-6-7-12/h3-5,8-9,12H,6-7,10-11H2,1-2H3. The minimum atomic E-state index is -1.22. The van der Waals surface area contributed by atoms with Gasteiger partial charge in [-0.05, 0) is 42.0 Å². The summed E-state index contributed by atoms with van der Waals surface area (Å²) in [6.07, 6.45) is 4.00. The lowest BCUT2D eigenvalue weighted by Crippen LogP contribution is -2.41. The van der Waals surface area contributed by atoms with E-state index in [9.17, 15) is 9.59 Å². The SMILES string of the molecule is CC1(C)OC(=O)C(=Cc2cccc(COCC3CC3)c2)C(=O)O1. The first-order valence-electron chi connectivity index (χ1n) is 7.78. The number of rotatable bonds is 5. The van der Waals surface area contributed by atoms with Gasteiger partial charge in [0, 0.05) is 20.5 Å². The van der Waals surface area contributed by atoms with Gasteiger partial charge in [0.2, 0.25) is 0 Å². The van der Waals surface area contributed by atoms with Crippen molar-refractivity contribution in [1.29, 1.82) is 0 Å². The summed E-state index contributed by atoms with van der Waals surface area (Å²) in [6.45, 7) is 4.36. The van der Waals surface area contributed by atoms with E-state index < -0.39 is 17.7 Å². The third kappa shape index (κ3) is 4.20. The van der Waals surface area contributed by atoms with Gasteiger partial charge < -0.3 is 14.2 Å². The van der Waals surface area contributed by atoms with Crippen LogP contribution in [0.3, 0.4) is 0 Å². The van der Waals surface area contributed by atoms with Crippen LogP contribution in [0.2, 0.25) is 0 Å². The zero-order valence-electron chi connectivity index (χ0n) is 13.3. The minimum absolute atomic E-state index is 0.0969. The lowest BCUT2D eigenvalue weighted by atomic mass is 10.1. The second-order valence-corrected chi connectivity index (χ2v) is 6.44. The Morgan fingerprint density at radius 1 is 1.22 bits per heavy atom. The first-order valence-corrected chi connectivity index (χ1v) is 7.78. The van der Waals surface area contributed by atoms with Gasteiger partial charge in [0.25, 0.3) is 5.79 Å². The lowest BCUT2D eigenvalue weighted by Gasteiger charge is -2.29. The molecule has 0 spiro atoms. The second-order valence-electron chi connectivity index (χ2n) is 6.44. The number of cyclic esters (lactones) is 2. The van der Waals surface area contributed by atoms with Crippen molar-refractivity contribution in [3.8, 4) is 0 Å². The Balaban J connectivity index is 1.70. The van der Waals surface area contributed by atoms with Crippen LogP contribution < -0.4 is 0 Å². The van der Waals surface area contributed by atoms with Gasteiger partial charge in [-0.25, -0.2) is 9.59 Å². The van der Waals surface area contributed by atoms with Crippen LogP contribution in [0.25, 0.3) is 6.08 Å². The van der Waals surface area contributed by atoms with Crippen LogP contribution in [0.15, 0.2) is 29.8 Å². The zero-order valence-corrected chi connectivity index (χ0v) is 13.3. The zero-order chi connectivity index (χ0) is 16.4. The molecule has 1 aromatic carbocycles. The molecule has 3 rings (SSSR count). The molecule has 1 aliphatic carbocycles. The molecular weight excluding hydrogens is 296 g/mol. The van der Waals surface area contributed by atoms with Crippen LogP contribution in [0.5, 0.6) is 0 Å². The molecule has 23 heavy (non-hydrogen) atoms. The molecule has 1 saturated carbocycles. The predicted molar refractivity (Wildman–Crippen MR) is 83.1 cm³/mol. The van der Waals surface area contributed by atoms with Crippen molar-refractivity contribution >= 4 is 18.0 Å². The van der Waals surface area contributed by atoms with Crippen LogP contribution in [-0.2, 0) is 30.4 Å². The van der Waals surface area contributed by atoms with Gasteiger partial charge in [-0.15, -0.1) is 0 Å². The lowest BCUT2D eigenvalue weighted by molar-refractivity contribution is -0.222. The Morgan fingerprint density at radius 3 is 2.57 bits per heavy atom. The Kier molecular flexibility index (Phi) is 4.22. The van der Waals surface area contributed by atoms with E-state index in [1.54, 1.807) is 0 Å². The fourth-order valence-electron chi connectivity index (χ4n) is 2.35. The van der Waals surface area contributed by atoms with Gasteiger partial charge in [0.1, 0.15) is 5.57 Å². The Bertz CT molecular complexity index is 633. The molecule has 2 aliphatic rings. The van der Waals surface area contributed by atoms with Crippen molar-refractivity contribution < 1.29 is 23.8 Å². The number of benzene rings is 1. The topological polar surface area (TPSA) is 61.8 Å². The van der Waals surface area contributed by atoms with Gasteiger partial charge in [0.15, 0.2) is 0 Å². The third-order valence-electron chi connectivity index (χ3n) is 3.70. The highest BCUT2D eigenvalue weighted by atomic mass is 16.7. The van der Waals surface area contributed by atoms with Crippen molar-refractivity contribution in [2.45, 2.75) is 39.1 Å². The third-order valence-corrected chi connectivity index (χ3v) is 3.70. The van der Waals surface area contributed by atoms with E-state index in [0.29, 0.717) is 6.61 Å². The van der Waals surface area contributed by atoms with Gasteiger partial charge in [-0.1, -0.05) is 18.2 Å². The van der Waals surface area contributed by atoms with E-state index >= 15 is 0 Å². The molecule has 0 N–H and O–H groups in total. The molecule has 122 valence electrons. The summed E-state index contributed by atoms with van der Waals surface area (Å²) in [5.74, 6) is -1.83. The Labute approximate surface area is 135 Å². The maximum Gasteiger partial charge on any atom is 0.348 e. The van der Waals surface area contributed by atoms with E-state index in [-0.39, 0.29) is 5.57 Å². The van der Waals surface area contributed by atoms with E-state index in [4.69, 9.17) is 14.2 Å². The van der Waals surface area contributed by atoms with Crippen LogP contribution in [0.4, 0.5) is 0 Å². The highest BCUT2D eigenvalue weighted by molar-refractivity contribution is 6.18. The number of hydrogen-bond donors (Lipinski definition) is 0. The van der Waals surface area contributed by atoms with Gasteiger partial charge in [-0.2, -0.15) is 0 Å². The molecule has 5 heteroatoms. The Morgan fingerprint density at radius 2 is 1.91 bits per heavy atom. The molecule has 0 atom stereocenters. The molecule has 0 unspecified atom stereocenters. The van der Waals surface area contributed by atoms with Crippen molar-refractivity contribution in [2.24, 2.45) is 5.92 Å². The summed E-state index contributed by atoms with van der Waals surface area (Å²) >= 11 is 0. The summed E-state index contributed by atoms with van der Waals surface area (Å²) in [5, 5.41) is 0. The van der Waals surface area contributed by atoms with Crippen molar-refractivity contribution in [2.75, 3.05) is 6.61 Å². The summed E-state index contributed by atoms with van der Waals surface area (Å²) in [6, 6.07) is 7.53. The minimum Gasteiger partial charge on any atom is -0.419 e. The number of carbonyl (C=O) groups excluding carboxylic acids is 2. The highest BCUT2D eigenvalue weighted by Gasteiger charge is 2.38. The number of ether oxygens (including phenoxy) is 3. The van der Waals surface area contributed by atoms with Crippen molar-refractivity contribution in [3.05, 3.63) is 41.0 Å². The molecule has 0 aromatic heterocycles. The summed E-state index contributed by atoms with van der Waals surface area (Å²) in [7, 11) is 0. The molecule has 1 aliphatic heterocycles. The normalized spacial score (nSPS) is 20.0. The number of carbonyl (C=O) groups is 2.